The van der Waals surface area contributed by atoms with Gasteiger partial charge in [0.2, 0.25) is 0 Å². The Hall–Kier alpha value is -1.46. The van der Waals surface area contributed by atoms with Crippen molar-refractivity contribution in [3.8, 4) is 0 Å². The summed E-state index contributed by atoms with van der Waals surface area (Å²) in [4.78, 5) is 14.0. The maximum atomic E-state index is 10.1. The predicted octanol–water partition coefficient (Wildman–Crippen LogP) is 0.271. The second kappa shape index (κ2) is 9.11. The number of aliphatic hydroxyl groups excluding tert-OH is 1. The quantitative estimate of drug-likeness (QED) is 0.739. The van der Waals surface area contributed by atoms with Gasteiger partial charge in [-0.05, 0) is 26.0 Å². The van der Waals surface area contributed by atoms with Gasteiger partial charge in [0.25, 0.3) is 0 Å². The normalized spacial score (nSPS) is 8.53. The first kappa shape index (κ1) is 16.0. The van der Waals surface area contributed by atoms with Crippen molar-refractivity contribution in [1.82, 2.24) is 4.98 Å². The van der Waals surface area contributed by atoms with Crippen molar-refractivity contribution in [2.75, 3.05) is 0 Å². The largest absolute Gasteiger partial charge is 0.481 e. The maximum Gasteiger partial charge on any atom is 0.309 e. The molecule has 0 spiro atoms. The van der Waals surface area contributed by atoms with E-state index in [1.165, 1.54) is 0 Å². The van der Waals surface area contributed by atoms with Crippen LogP contribution in [-0.4, -0.2) is 32.7 Å². The first-order valence-corrected chi connectivity index (χ1v) is 4.32. The zero-order valence-electron chi connectivity index (χ0n) is 8.84. The molecule has 0 radical (unpaired) electrons. The number of carboxylic acid groups (broad SMARTS) is 1. The molecule has 0 aliphatic heterocycles. The van der Waals surface area contributed by atoms with Crippen LogP contribution in [0.3, 0.4) is 0 Å². The van der Waals surface area contributed by atoms with Crippen molar-refractivity contribution in [3.63, 3.8) is 0 Å². The van der Waals surface area contributed by atoms with Gasteiger partial charge in [-0.1, -0.05) is 6.07 Å². The summed E-state index contributed by atoms with van der Waals surface area (Å²) in [5.74, 6) is -0.848. The molecule has 0 fully saturated rings. The average Bonchev–Trinajstić information content (AvgIpc) is 2.03. The highest BCUT2D eigenvalue weighted by Gasteiger charge is 1.98. The van der Waals surface area contributed by atoms with Crippen LogP contribution in [0.4, 0.5) is 0 Å². The van der Waals surface area contributed by atoms with E-state index in [0.717, 1.165) is 0 Å². The summed E-state index contributed by atoms with van der Waals surface area (Å²) in [6.45, 7) is 3.44. The monoisotopic (exact) mass is 215 g/mol. The minimum atomic E-state index is -0.848. The van der Waals surface area contributed by atoms with Crippen LogP contribution in [0.1, 0.15) is 19.5 Å². The van der Waals surface area contributed by atoms with E-state index in [1.807, 2.05) is 0 Å². The fourth-order valence-electron chi connectivity index (χ4n) is 0.658. The van der Waals surface area contributed by atoms with Gasteiger partial charge >= 0.3 is 5.97 Å². The lowest BCUT2D eigenvalue weighted by Crippen LogP contribution is -2.01. The summed E-state index contributed by atoms with van der Waals surface area (Å²) >= 11 is 0. The maximum absolute atomic E-state index is 10.1. The van der Waals surface area contributed by atoms with Crippen molar-refractivity contribution in [2.24, 2.45) is 0 Å². The number of aliphatic hydroxyl groups is 1. The summed E-state index contributed by atoms with van der Waals surface area (Å²) in [7, 11) is 0. The SMILES string of the molecule is CC(C)O.O.O=C(O)Cc1ccccn1. The van der Waals surface area contributed by atoms with Crippen LogP contribution in [0.5, 0.6) is 0 Å². The van der Waals surface area contributed by atoms with Crippen LogP contribution < -0.4 is 0 Å². The standard InChI is InChI=1S/C7H7NO2.C3H8O.H2O/c9-7(10)5-6-3-1-2-4-8-6;1-3(2)4;/h1-4H,5H2,(H,9,10);3-4H,1-2H3;1H2. The van der Waals surface area contributed by atoms with Gasteiger partial charge in [-0.2, -0.15) is 0 Å². The highest BCUT2D eigenvalue weighted by molar-refractivity contribution is 5.69. The Morgan fingerprint density at radius 1 is 1.47 bits per heavy atom. The molecule has 1 aromatic heterocycles. The number of hydrogen-bond acceptors (Lipinski definition) is 3. The van der Waals surface area contributed by atoms with Crippen molar-refractivity contribution >= 4 is 5.97 Å². The minimum absolute atomic E-state index is 0. The van der Waals surface area contributed by atoms with Crippen LogP contribution in [0.15, 0.2) is 24.4 Å². The number of aliphatic carboxylic acids is 1. The second-order valence-corrected chi connectivity index (χ2v) is 2.99. The predicted molar refractivity (Wildman–Crippen MR) is 56.5 cm³/mol. The van der Waals surface area contributed by atoms with Gasteiger partial charge < -0.3 is 15.7 Å². The number of carbonyl (C=O) groups is 1. The molecule has 0 bridgehead atoms. The summed E-state index contributed by atoms with van der Waals surface area (Å²) in [5.41, 5.74) is 0.593. The molecule has 1 heterocycles. The summed E-state index contributed by atoms with van der Waals surface area (Å²) in [6, 6.07) is 5.21. The lowest BCUT2D eigenvalue weighted by atomic mass is 10.3. The van der Waals surface area contributed by atoms with E-state index in [-0.39, 0.29) is 18.0 Å². The third kappa shape index (κ3) is 12.5. The van der Waals surface area contributed by atoms with Gasteiger partial charge in [0, 0.05) is 12.3 Å². The number of pyridine rings is 1. The molecule has 5 nitrogen and oxygen atoms in total. The first-order chi connectivity index (χ1) is 6.52. The average molecular weight is 215 g/mol. The van der Waals surface area contributed by atoms with Crippen LogP contribution in [0.25, 0.3) is 0 Å². The molecule has 0 unspecified atom stereocenters. The molecule has 15 heavy (non-hydrogen) atoms. The Morgan fingerprint density at radius 2 is 2.00 bits per heavy atom. The molecule has 0 atom stereocenters. The summed E-state index contributed by atoms with van der Waals surface area (Å²) in [5, 5.41) is 16.4. The van der Waals surface area contributed by atoms with E-state index in [2.05, 4.69) is 4.98 Å². The Labute approximate surface area is 88.7 Å². The second-order valence-electron chi connectivity index (χ2n) is 2.99. The van der Waals surface area contributed by atoms with Crippen LogP contribution in [0.2, 0.25) is 0 Å². The van der Waals surface area contributed by atoms with Crippen molar-refractivity contribution in [2.45, 2.75) is 26.4 Å². The van der Waals surface area contributed by atoms with Crippen molar-refractivity contribution < 1.29 is 20.5 Å². The smallest absolute Gasteiger partial charge is 0.309 e. The molecular weight excluding hydrogens is 198 g/mol. The van der Waals surface area contributed by atoms with E-state index in [0.29, 0.717) is 5.69 Å². The highest BCUT2D eigenvalue weighted by atomic mass is 16.4. The Morgan fingerprint density at radius 3 is 2.33 bits per heavy atom. The molecule has 0 saturated carbocycles. The molecule has 0 amide bonds. The topological polar surface area (TPSA) is 102 Å². The Kier molecular flexibility index (Phi) is 9.71. The van der Waals surface area contributed by atoms with Crippen LogP contribution >= 0.6 is 0 Å². The van der Waals surface area contributed by atoms with Gasteiger partial charge in [-0.25, -0.2) is 0 Å². The number of rotatable bonds is 2. The third-order valence-electron chi connectivity index (χ3n) is 1.06. The lowest BCUT2D eigenvalue weighted by molar-refractivity contribution is -0.136. The fourth-order valence-corrected chi connectivity index (χ4v) is 0.658. The molecule has 86 valence electrons. The van der Waals surface area contributed by atoms with Gasteiger partial charge in [0.1, 0.15) is 0 Å². The van der Waals surface area contributed by atoms with Crippen LogP contribution in [-0.2, 0) is 11.2 Å². The number of nitrogens with zero attached hydrogens (tertiary/aromatic N) is 1. The minimum Gasteiger partial charge on any atom is -0.481 e. The van der Waals surface area contributed by atoms with Gasteiger partial charge in [-0.15, -0.1) is 0 Å². The molecule has 0 aliphatic carbocycles. The highest BCUT2D eigenvalue weighted by Crippen LogP contribution is 1.93. The van der Waals surface area contributed by atoms with Gasteiger partial charge in [0.15, 0.2) is 0 Å². The lowest BCUT2D eigenvalue weighted by Gasteiger charge is -1.91. The van der Waals surface area contributed by atoms with Crippen molar-refractivity contribution in [1.29, 1.82) is 0 Å². The Bertz CT molecular complexity index is 259. The molecular formula is C10H17NO4. The summed E-state index contributed by atoms with van der Waals surface area (Å²) < 4.78 is 0. The number of hydrogen-bond donors (Lipinski definition) is 2. The van der Waals surface area contributed by atoms with E-state index in [9.17, 15) is 4.79 Å². The first-order valence-electron chi connectivity index (χ1n) is 4.32. The molecule has 0 aromatic carbocycles. The number of aromatic nitrogens is 1. The third-order valence-corrected chi connectivity index (χ3v) is 1.06. The summed E-state index contributed by atoms with van der Waals surface area (Å²) in [6.07, 6.45) is 1.42. The van der Waals surface area contributed by atoms with E-state index >= 15 is 0 Å². The molecule has 0 aliphatic rings. The molecule has 0 saturated heterocycles. The molecule has 4 N–H and O–H groups in total. The van der Waals surface area contributed by atoms with Gasteiger partial charge in [-0.3, -0.25) is 9.78 Å². The Balaban J connectivity index is 0. The molecule has 1 aromatic rings. The zero-order chi connectivity index (χ0) is 11.0. The zero-order valence-corrected chi connectivity index (χ0v) is 8.84. The van der Waals surface area contributed by atoms with Crippen molar-refractivity contribution in [3.05, 3.63) is 30.1 Å². The van der Waals surface area contributed by atoms with Crippen LogP contribution in [0, 0.1) is 0 Å². The molecule has 5 heteroatoms. The van der Waals surface area contributed by atoms with E-state index in [1.54, 1.807) is 38.2 Å². The fraction of sp³-hybridized carbons (Fsp3) is 0.400. The van der Waals surface area contributed by atoms with Gasteiger partial charge in [0.05, 0.1) is 12.1 Å². The molecule has 1 rings (SSSR count). The number of carboxylic acids is 1. The van der Waals surface area contributed by atoms with E-state index < -0.39 is 5.97 Å². The van der Waals surface area contributed by atoms with E-state index in [4.69, 9.17) is 10.2 Å².